The first-order valence-electron chi connectivity index (χ1n) is 7.38. The molecule has 1 heterocycles. The number of nitrogens with one attached hydrogen (secondary N) is 2. The van der Waals surface area contributed by atoms with Gasteiger partial charge in [-0.3, -0.25) is 9.59 Å². The molecule has 7 heteroatoms. The first-order chi connectivity index (χ1) is 11.5. The highest BCUT2D eigenvalue weighted by Gasteiger charge is 2.15. The fraction of sp³-hybridized carbons (Fsp3) is 0.235. The van der Waals surface area contributed by atoms with Crippen LogP contribution in [0.4, 0.5) is 4.39 Å². The van der Waals surface area contributed by atoms with Crippen LogP contribution in [0.1, 0.15) is 19.4 Å². The molecule has 2 rings (SSSR count). The van der Waals surface area contributed by atoms with Crippen LogP contribution in [0.25, 0.3) is 0 Å². The summed E-state index contributed by atoms with van der Waals surface area (Å²) in [5, 5.41) is 5.17. The number of rotatable bonds is 6. The maximum absolute atomic E-state index is 13.7. The first-order valence-corrected chi connectivity index (χ1v) is 7.38. The van der Waals surface area contributed by atoms with Gasteiger partial charge in [0.05, 0.1) is 0 Å². The van der Waals surface area contributed by atoms with Gasteiger partial charge in [-0.25, -0.2) is 9.37 Å². The second-order valence-electron chi connectivity index (χ2n) is 5.14. The molecule has 0 spiro atoms. The van der Waals surface area contributed by atoms with E-state index in [2.05, 4.69) is 15.6 Å². The van der Waals surface area contributed by atoms with Gasteiger partial charge in [0.2, 0.25) is 17.7 Å². The smallest absolute Gasteiger partial charge is 0.242 e. The van der Waals surface area contributed by atoms with Crippen molar-refractivity contribution in [3.05, 3.63) is 54.0 Å². The van der Waals surface area contributed by atoms with E-state index in [1.807, 2.05) is 0 Å². The average molecular weight is 331 g/mol. The van der Waals surface area contributed by atoms with Crippen LogP contribution in [0.15, 0.2) is 42.6 Å². The molecular formula is C17H18FN3O3. The minimum atomic E-state index is -0.657. The quantitative estimate of drug-likeness (QED) is 0.850. The summed E-state index contributed by atoms with van der Waals surface area (Å²) in [7, 11) is 0. The standard InChI is InChI=1S/C17H18FN3O3/c1-11(21-12(2)22)16(23)20-10-13-6-5-9-19-17(13)24-15-8-4-3-7-14(15)18/h3-9,11H,10H2,1-2H3,(H,20,23)(H,21,22)/t11-/m0/s1. The van der Waals surface area contributed by atoms with Crippen molar-refractivity contribution in [3.63, 3.8) is 0 Å². The Kier molecular flexibility index (Phi) is 5.83. The molecule has 0 fully saturated rings. The molecule has 1 aromatic heterocycles. The van der Waals surface area contributed by atoms with Crippen molar-refractivity contribution in [3.8, 4) is 11.6 Å². The monoisotopic (exact) mass is 331 g/mol. The van der Waals surface area contributed by atoms with Crippen molar-refractivity contribution in [1.29, 1.82) is 0 Å². The average Bonchev–Trinajstić information content (AvgIpc) is 2.55. The fourth-order valence-electron chi connectivity index (χ4n) is 1.99. The van der Waals surface area contributed by atoms with E-state index in [1.54, 1.807) is 31.2 Å². The van der Waals surface area contributed by atoms with Crippen LogP contribution < -0.4 is 15.4 Å². The summed E-state index contributed by atoms with van der Waals surface area (Å²) in [5.74, 6) is -0.878. The molecule has 0 aliphatic carbocycles. The first kappa shape index (κ1) is 17.4. The zero-order valence-corrected chi connectivity index (χ0v) is 13.4. The Morgan fingerprint density at radius 1 is 1.25 bits per heavy atom. The number of nitrogens with zero attached hydrogens (tertiary/aromatic N) is 1. The molecule has 2 amide bonds. The molecule has 6 nitrogen and oxygen atoms in total. The summed E-state index contributed by atoms with van der Waals surface area (Å²) in [6, 6.07) is 8.73. The molecule has 0 radical (unpaired) electrons. The molecule has 1 atom stereocenters. The number of halogens is 1. The molecule has 0 aliphatic rings. The molecule has 1 aromatic carbocycles. The number of hydrogen-bond donors (Lipinski definition) is 2. The van der Waals surface area contributed by atoms with Crippen molar-refractivity contribution in [2.45, 2.75) is 26.4 Å². The Labute approximate surface area is 139 Å². The normalized spacial score (nSPS) is 11.5. The molecular weight excluding hydrogens is 313 g/mol. The van der Waals surface area contributed by atoms with Crippen LogP contribution in [-0.2, 0) is 16.1 Å². The maximum atomic E-state index is 13.7. The van der Waals surface area contributed by atoms with Gasteiger partial charge in [-0.1, -0.05) is 18.2 Å². The Bertz CT molecular complexity index is 737. The highest BCUT2D eigenvalue weighted by Crippen LogP contribution is 2.25. The number of carbonyl (C=O) groups excluding carboxylic acids is 2. The van der Waals surface area contributed by atoms with E-state index in [9.17, 15) is 14.0 Å². The van der Waals surface area contributed by atoms with E-state index in [0.717, 1.165) is 0 Å². The van der Waals surface area contributed by atoms with E-state index in [4.69, 9.17) is 4.74 Å². The minimum absolute atomic E-state index is 0.0513. The Balaban J connectivity index is 2.05. The van der Waals surface area contributed by atoms with Gasteiger partial charge < -0.3 is 15.4 Å². The van der Waals surface area contributed by atoms with Crippen LogP contribution in [-0.4, -0.2) is 22.8 Å². The number of carbonyl (C=O) groups is 2. The van der Waals surface area contributed by atoms with Crippen molar-refractivity contribution in [2.24, 2.45) is 0 Å². The van der Waals surface area contributed by atoms with Gasteiger partial charge in [0, 0.05) is 25.2 Å². The van der Waals surface area contributed by atoms with Gasteiger partial charge in [0.15, 0.2) is 11.6 Å². The summed E-state index contributed by atoms with van der Waals surface area (Å²) >= 11 is 0. The lowest BCUT2D eigenvalue weighted by atomic mass is 10.2. The minimum Gasteiger partial charge on any atom is -0.436 e. The number of benzene rings is 1. The molecule has 126 valence electrons. The van der Waals surface area contributed by atoms with E-state index >= 15 is 0 Å². The highest BCUT2D eigenvalue weighted by atomic mass is 19.1. The third-order valence-electron chi connectivity index (χ3n) is 3.16. The number of pyridine rings is 1. The highest BCUT2D eigenvalue weighted by molar-refractivity contribution is 5.86. The maximum Gasteiger partial charge on any atom is 0.242 e. The van der Waals surface area contributed by atoms with E-state index in [1.165, 1.54) is 25.3 Å². The summed E-state index contributed by atoms with van der Waals surface area (Å²) < 4.78 is 19.2. The Hall–Kier alpha value is -2.96. The second-order valence-corrected chi connectivity index (χ2v) is 5.14. The van der Waals surface area contributed by atoms with Crippen molar-refractivity contribution in [2.75, 3.05) is 0 Å². The van der Waals surface area contributed by atoms with Gasteiger partial charge in [-0.05, 0) is 25.1 Å². The molecule has 0 aliphatic heterocycles. The summed E-state index contributed by atoms with van der Waals surface area (Å²) in [5.41, 5.74) is 0.587. The van der Waals surface area contributed by atoms with Crippen molar-refractivity contribution >= 4 is 11.8 Å². The Morgan fingerprint density at radius 3 is 2.71 bits per heavy atom. The lowest BCUT2D eigenvalue weighted by molar-refractivity contribution is -0.127. The fourth-order valence-corrected chi connectivity index (χ4v) is 1.99. The molecule has 0 saturated carbocycles. The summed E-state index contributed by atoms with van der Waals surface area (Å²) in [6.45, 7) is 3.06. The molecule has 0 bridgehead atoms. The summed E-state index contributed by atoms with van der Waals surface area (Å²) in [6.07, 6.45) is 1.52. The number of hydrogen-bond acceptors (Lipinski definition) is 4. The van der Waals surface area contributed by atoms with Crippen molar-refractivity contribution < 1.29 is 18.7 Å². The molecule has 2 N–H and O–H groups in total. The predicted octanol–water partition coefficient (Wildman–Crippen LogP) is 2.15. The van der Waals surface area contributed by atoms with Crippen LogP contribution in [0.2, 0.25) is 0 Å². The zero-order valence-electron chi connectivity index (χ0n) is 13.4. The predicted molar refractivity (Wildman–Crippen MR) is 85.8 cm³/mol. The zero-order chi connectivity index (χ0) is 17.5. The lowest BCUT2D eigenvalue weighted by Crippen LogP contribution is -2.43. The van der Waals surface area contributed by atoms with Crippen LogP contribution in [0, 0.1) is 5.82 Å². The van der Waals surface area contributed by atoms with Gasteiger partial charge in [-0.2, -0.15) is 0 Å². The van der Waals surface area contributed by atoms with Gasteiger partial charge in [-0.15, -0.1) is 0 Å². The Morgan fingerprint density at radius 2 is 2.00 bits per heavy atom. The largest absolute Gasteiger partial charge is 0.436 e. The number of aromatic nitrogens is 1. The van der Waals surface area contributed by atoms with Gasteiger partial charge >= 0.3 is 0 Å². The molecule has 0 unspecified atom stereocenters. The van der Waals surface area contributed by atoms with Crippen LogP contribution in [0.5, 0.6) is 11.6 Å². The van der Waals surface area contributed by atoms with Gasteiger partial charge in [0.1, 0.15) is 6.04 Å². The van der Waals surface area contributed by atoms with Crippen LogP contribution >= 0.6 is 0 Å². The topological polar surface area (TPSA) is 80.3 Å². The van der Waals surface area contributed by atoms with E-state index in [-0.39, 0.29) is 30.0 Å². The SMILES string of the molecule is CC(=O)N[C@@H](C)C(=O)NCc1cccnc1Oc1ccccc1F. The van der Waals surface area contributed by atoms with Crippen LogP contribution in [0.3, 0.4) is 0 Å². The van der Waals surface area contributed by atoms with Gasteiger partial charge in [0.25, 0.3) is 0 Å². The lowest BCUT2D eigenvalue weighted by Gasteiger charge is -2.14. The van der Waals surface area contributed by atoms with E-state index in [0.29, 0.717) is 5.56 Å². The molecule has 0 saturated heterocycles. The van der Waals surface area contributed by atoms with Crippen molar-refractivity contribution in [1.82, 2.24) is 15.6 Å². The number of amides is 2. The summed E-state index contributed by atoms with van der Waals surface area (Å²) in [4.78, 5) is 27.0. The number of para-hydroxylation sites is 1. The van der Waals surface area contributed by atoms with E-state index < -0.39 is 11.9 Å². The molecule has 2 aromatic rings. The molecule has 24 heavy (non-hydrogen) atoms. The third kappa shape index (κ3) is 4.77. The third-order valence-corrected chi connectivity index (χ3v) is 3.16. The second kappa shape index (κ2) is 8.05. The number of ether oxygens (including phenoxy) is 1.